The van der Waals surface area contributed by atoms with Crippen LogP contribution in [0, 0.1) is 23.1 Å². The smallest absolute Gasteiger partial charge is 0.243 e. The Morgan fingerprint density at radius 3 is 2.74 bits per heavy atom. The maximum atomic E-state index is 13.3. The Hall–Kier alpha value is -3.72. The van der Waals surface area contributed by atoms with Crippen molar-refractivity contribution in [2.75, 3.05) is 18.5 Å². The van der Waals surface area contributed by atoms with Crippen molar-refractivity contribution in [2.45, 2.75) is 62.9 Å². The van der Waals surface area contributed by atoms with Gasteiger partial charge in [0, 0.05) is 41.6 Å². The van der Waals surface area contributed by atoms with Gasteiger partial charge in [-0.2, -0.15) is 17.0 Å². The number of anilines is 1. The Labute approximate surface area is 252 Å². The lowest BCUT2D eigenvalue weighted by Gasteiger charge is -2.33. The van der Waals surface area contributed by atoms with E-state index in [1.165, 1.54) is 18.3 Å². The van der Waals surface area contributed by atoms with Crippen molar-refractivity contribution in [1.29, 1.82) is 5.26 Å². The summed E-state index contributed by atoms with van der Waals surface area (Å²) in [5, 5.41) is 18.8. The highest BCUT2D eigenvalue weighted by Gasteiger charge is 2.38. The monoisotopic (exact) mass is 592 g/mol. The zero-order chi connectivity index (χ0) is 30.7. The molecule has 0 saturated carbocycles. The molecule has 4 atom stereocenters. The minimum absolute atomic E-state index is 0.152. The van der Waals surface area contributed by atoms with E-state index in [0.29, 0.717) is 25.0 Å². The number of thioether (sulfide) groups is 1. The van der Waals surface area contributed by atoms with Crippen molar-refractivity contribution < 1.29 is 9.18 Å². The molecule has 3 rings (SSSR count). The van der Waals surface area contributed by atoms with Crippen molar-refractivity contribution in [3.8, 4) is 6.07 Å². The number of rotatable bonds is 15. The van der Waals surface area contributed by atoms with Crippen LogP contribution < -0.4 is 27.4 Å². The molecule has 224 valence electrons. The number of amidine groups is 1. The summed E-state index contributed by atoms with van der Waals surface area (Å²) in [7, 11) is 0. The van der Waals surface area contributed by atoms with Crippen LogP contribution in [0.2, 0.25) is 0 Å². The molecule has 2 aromatic rings. The molecule has 9 nitrogen and oxygen atoms in total. The van der Waals surface area contributed by atoms with Gasteiger partial charge in [-0.1, -0.05) is 45.0 Å². The fourth-order valence-electron chi connectivity index (χ4n) is 4.55. The van der Waals surface area contributed by atoms with Gasteiger partial charge < -0.3 is 22.1 Å². The minimum Gasteiger partial charge on any atom is -0.383 e. The number of carbonyl (C=O) groups is 1. The summed E-state index contributed by atoms with van der Waals surface area (Å²) in [5.41, 5.74) is 15.2. The number of halogens is 1. The molecule has 1 heterocycles. The fourth-order valence-corrected chi connectivity index (χ4v) is 5.82. The number of amides is 1. The molecule has 0 spiro atoms. The van der Waals surface area contributed by atoms with E-state index in [1.807, 2.05) is 23.9 Å². The van der Waals surface area contributed by atoms with Gasteiger partial charge in [-0.25, -0.2) is 9.38 Å². The van der Waals surface area contributed by atoms with Crippen LogP contribution in [0.5, 0.6) is 0 Å². The largest absolute Gasteiger partial charge is 0.383 e. The normalized spacial score (nSPS) is 16.2. The average Bonchev–Trinajstić information content (AvgIpc) is 2.98. The third-order valence-electron chi connectivity index (χ3n) is 7.18. The number of aliphatic imine (C=N–C) groups is 2. The lowest BCUT2D eigenvalue weighted by molar-refractivity contribution is -0.126. The summed E-state index contributed by atoms with van der Waals surface area (Å²) in [6.45, 7) is 10.8. The number of allylic oxidation sites excluding steroid dienone is 1. The fraction of sp³-hybridized carbons (Fsp3) is 0.419. The van der Waals surface area contributed by atoms with Crippen LogP contribution in [0.1, 0.15) is 50.3 Å². The third-order valence-corrected chi connectivity index (χ3v) is 8.74. The predicted octanol–water partition coefficient (Wildman–Crippen LogP) is 4.05. The first-order valence-corrected chi connectivity index (χ1v) is 15.1. The number of carbonyl (C=O) groups excluding carboxylic acids is 1. The summed E-state index contributed by atoms with van der Waals surface area (Å²) >= 11 is 1.82. The molecule has 0 saturated heterocycles. The second kappa shape index (κ2) is 15.5. The Kier molecular flexibility index (Phi) is 12.1. The molecule has 2 aromatic carbocycles. The van der Waals surface area contributed by atoms with Crippen LogP contribution in [0.3, 0.4) is 0 Å². The van der Waals surface area contributed by atoms with Crippen LogP contribution in [-0.2, 0) is 17.1 Å². The number of fused-ring (bicyclic) bond motifs is 1. The lowest BCUT2D eigenvalue weighted by Crippen LogP contribution is -2.63. The zero-order valence-corrected chi connectivity index (χ0v) is 25.3. The van der Waals surface area contributed by atoms with Crippen LogP contribution in [-0.4, -0.2) is 48.1 Å². The minimum atomic E-state index is -1.46. The molecule has 0 aliphatic carbocycles. The molecule has 0 bridgehead atoms. The highest BCUT2D eigenvalue weighted by atomic mass is 32.2. The van der Waals surface area contributed by atoms with Gasteiger partial charge in [-0.05, 0) is 54.7 Å². The Bertz CT molecular complexity index is 1340. The van der Waals surface area contributed by atoms with E-state index < -0.39 is 17.6 Å². The maximum absolute atomic E-state index is 13.3. The van der Waals surface area contributed by atoms with Gasteiger partial charge in [0.15, 0.2) is 0 Å². The highest BCUT2D eigenvalue weighted by Crippen LogP contribution is 2.29. The summed E-state index contributed by atoms with van der Waals surface area (Å²) in [6.07, 6.45) is 2.57. The van der Waals surface area contributed by atoms with Crippen LogP contribution in [0.25, 0.3) is 0 Å². The van der Waals surface area contributed by atoms with Crippen molar-refractivity contribution >= 4 is 35.4 Å². The number of nitrogens with zero attached hydrogens (tertiary/aromatic N) is 3. The average molecular weight is 593 g/mol. The number of nitriles is 1. The summed E-state index contributed by atoms with van der Waals surface area (Å²) in [4.78, 5) is 22.0. The second-order valence-corrected chi connectivity index (χ2v) is 11.9. The van der Waals surface area contributed by atoms with Crippen molar-refractivity contribution in [2.24, 2.45) is 27.4 Å². The lowest BCUT2D eigenvalue weighted by atomic mass is 9.97. The van der Waals surface area contributed by atoms with E-state index >= 15 is 0 Å². The molecule has 0 fully saturated rings. The second-order valence-electron chi connectivity index (χ2n) is 10.7. The molecule has 0 aromatic heterocycles. The first-order valence-electron chi connectivity index (χ1n) is 14.0. The summed E-state index contributed by atoms with van der Waals surface area (Å²) < 4.78 is 13.3. The topological polar surface area (TPSA) is 154 Å². The van der Waals surface area contributed by atoms with E-state index in [4.69, 9.17) is 11.5 Å². The summed E-state index contributed by atoms with van der Waals surface area (Å²) in [6, 6.07) is 14.0. The molecule has 11 heteroatoms. The van der Waals surface area contributed by atoms with Gasteiger partial charge in [0.25, 0.3) is 0 Å². The number of benzene rings is 2. The van der Waals surface area contributed by atoms with Crippen LogP contribution >= 0.6 is 11.8 Å². The molecular weight excluding hydrogens is 551 g/mol. The molecule has 42 heavy (non-hydrogen) atoms. The standard InChI is InChI=1S/C31H41FN8OS/c1-5-6-21(3)27(42-18-23-9-12-26-25(13-23)28(34)40-19-39-26)17-37-29(36-15-20(2)14-33)31(4,35)30(41)38-16-22-7-10-24(32)11-8-22/h7-13,15,21,27,29,37,39H,2,5-6,16-19,35H2,1,3-4H3,(H2,34,40)(H,38,41). The Morgan fingerprint density at radius 2 is 2.05 bits per heavy atom. The Balaban J connectivity index is 1.73. The molecule has 0 radical (unpaired) electrons. The van der Waals surface area contributed by atoms with E-state index in [1.54, 1.807) is 19.1 Å². The van der Waals surface area contributed by atoms with Gasteiger partial charge in [0.05, 0.1) is 5.57 Å². The SMILES string of the molecule is C=C(C#N)C=NC(NCC(SCc1ccc2c(c1)C(N)=NCN2)C(C)CCC)C(C)(N)C(=O)NCc1ccc(F)cc1. The Morgan fingerprint density at radius 1 is 1.33 bits per heavy atom. The van der Waals surface area contributed by atoms with Crippen LogP contribution in [0.15, 0.2) is 64.6 Å². The van der Waals surface area contributed by atoms with Gasteiger partial charge in [-0.15, -0.1) is 0 Å². The molecule has 4 unspecified atom stereocenters. The number of hydrogen-bond donors (Lipinski definition) is 5. The van der Waals surface area contributed by atoms with E-state index in [9.17, 15) is 14.4 Å². The van der Waals surface area contributed by atoms with E-state index in [2.05, 4.69) is 58.5 Å². The van der Waals surface area contributed by atoms with Crippen LogP contribution in [0.4, 0.5) is 10.1 Å². The molecule has 1 aliphatic heterocycles. The molecular formula is C31H41FN8OS. The van der Waals surface area contributed by atoms with Crippen molar-refractivity contribution in [1.82, 2.24) is 10.6 Å². The van der Waals surface area contributed by atoms with Crippen molar-refractivity contribution in [3.05, 3.63) is 77.1 Å². The number of hydrogen-bond acceptors (Lipinski definition) is 9. The van der Waals surface area contributed by atoms with Gasteiger partial charge in [0.1, 0.15) is 36.1 Å². The quantitative estimate of drug-likeness (QED) is 0.154. The van der Waals surface area contributed by atoms with E-state index in [-0.39, 0.29) is 23.2 Å². The van der Waals surface area contributed by atoms with Crippen molar-refractivity contribution in [3.63, 3.8) is 0 Å². The first-order chi connectivity index (χ1) is 20.0. The predicted molar refractivity (Wildman–Crippen MR) is 171 cm³/mol. The third kappa shape index (κ3) is 9.14. The zero-order valence-electron chi connectivity index (χ0n) is 24.5. The molecule has 1 aliphatic rings. The number of nitrogens with two attached hydrogens (primary N) is 2. The van der Waals surface area contributed by atoms with Gasteiger partial charge in [-0.3, -0.25) is 15.1 Å². The maximum Gasteiger partial charge on any atom is 0.243 e. The molecule has 1 amide bonds. The first kappa shape index (κ1) is 32.8. The van der Waals surface area contributed by atoms with E-state index in [0.717, 1.165) is 41.0 Å². The molecule has 7 N–H and O–H groups in total. The van der Waals surface area contributed by atoms with Gasteiger partial charge >= 0.3 is 0 Å². The van der Waals surface area contributed by atoms with Gasteiger partial charge in [0.2, 0.25) is 5.91 Å². The summed E-state index contributed by atoms with van der Waals surface area (Å²) in [5.74, 6) is 0.882. The number of nitrogens with one attached hydrogen (secondary N) is 3. The highest BCUT2D eigenvalue weighted by molar-refractivity contribution is 7.99.